The second-order valence-corrected chi connectivity index (χ2v) is 4.94. The van der Waals surface area contributed by atoms with Crippen LogP contribution in [0.25, 0.3) is 5.69 Å². The van der Waals surface area contributed by atoms with Gasteiger partial charge in [0.25, 0.3) is 0 Å². The van der Waals surface area contributed by atoms with Crippen LogP contribution < -0.4 is 5.32 Å². The number of aromatic nitrogens is 2. The van der Waals surface area contributed by atoms with Gasteiger partial charge in [0.05, 0.1) is 17.7 Å². The van der Waals surface area contributed by atoms with Crippen LogP contribution in [-0.2, 0) is 6.54 Å². The van der Waals surface area contributed by atoms with Gasteiger partial charge in [-0.1, -0.05) is 18.5 Å². The quantitative estimate of drug-likeness (QED) is 0.937. The molecule has 0 aliphatic carbocycles. The van der Waals surface area contributed by atoms with Crippen molar-refractivity contribution in [2.75, 3.05) is 6.54 Å². The SMILES string of the molecule is CCNCc1cn(-c2ccc(Cl)cc2Br)cn1. The van der Waals surface area contributed by atoms with Crippen molar-refractivity contribution in [1.82, 2.24) is 14.9 Å². The van der Waals surface area contributed by atoms with Gasteiger partial charge in [0.15, 0.2) is 0 Å². The van der Waals surface area contributed by atoms with Gasteiger partial charge in [-0.2, -0.15) is 0 Å². The zero-order valence-electron chi connectivity index (χ0n) is 9.45. The van der Waals surface area contributed by atoms with E-state index in [0.717, 1.165) is 28.9 Å². The summed E-state index contributed by atoms with van der Waals surface area (Å²) in [5.74, 6) is 0. The summed E-state index contributed by atoms with van der Waals surface area (Å²) in [6.07, 6.45) is 3.82. The van der Waals surface area contributed by atoms with Gasteiger partial charge in [-0.3, -0.25) is 0 Å². The molecule has 0 unspecified atom stereocenters. The molecule has 0 aliphatic heterocycles. The minimum absolute atomic E-state index is 0.716. The lowest BCUT2D eigenvalue weighted by Gasteiger charge is -2.05. The molecule has 2 aromatic rings. The maximum absolute atomic E-state index is 5.91. The summed E-state index contributed by atoms with van der Waals surface area (Å²) >= 11 is 9.41. The second kappa shape index (κ2) is 5.67. The van der Waals surface area contributed by atoms with Crippen LogP contribution in [0.1, 0.15) is 12.6 Å². The highest BCUT2D eigenvalue weighted by atomic mass is 79.9. The second-order valence-electron chi connectivity index (χ2n) is 3.65. The number of benzene rings is 1. The molecule has 2 rings (SSSR count). The fraction of sp³-hybridized carbons (Fsp3) is 0.250. The first-order chi connectivity index (χ1) is 8.20. The molecule has 1 N–H and O–H groups in total. The van der Waals surface area contributed by atoms with Crippen LogP contribution in [0.2, 0.25) is 5.02 Å². The summed E-state index contributed by atoms with van der Waals surface area (Å²) in [6.45, 7) is 3.80. The number of imidazole rings is 1. The van der Waals surface area contributed by atoms with E-state index in [-0.39, 0.29) is 0 Å². The Kier molecular flexibility index (Phi) is 4.20. The molecule has 0 aliphatic rings. The van der Waals surface area contributed by atoms with E-state index < -0.39 is 0 Å². The first kappa shape index (κ1) is 12.6. The normalized spacial score (nSPS) is 10.8. The fourth-order valence-corrected chi connectivity index (χ4v) is 2.42. The molecule has 0 amide bonds. The first-order valence-corrected chi connectivity index (χ1v) is 6.57. The molecule has 90 valence electrons. The number of hydrogen-bond acceptors (Lipinski definition) is 2. The molecule has 0 saturated carbocycles. The Hall–Kier alpha value is -0.840. The molecule has 0 atom stereocenters. The molecular weight excluding hydrogens is 302 g/mol. The zero-order chi connectivity index (χ0) is 12.3. The minimum Gasteiger partial charge on any atom is -0.311 e. The van der Waals surface area contributed by atoms with Crippen molar-refractivity contribution in [2.45, 2.75) is 13.5 Å². The maximum atomic E-state index is 5.91. The van der Waals surface area contributed by atoms with Crippen molar-refractivity contribution in [3.8, 4) is 5.69 Å². The van der Waals surface area contributed by atoms with Crippen molar-refractivity contribution in [1.29, 1.82) is 0 Å². The molecule has 17 heavy (non-hydrogen) atoms. The number of nitrogens with zero attached hydrogens (tertiary/aromatic N) is 2. The maximum Gasteiger partial charge on any atom is 0.0996 e. The van der Waals surface area contributed by atoms with Gasteiger partial charge in [-0.05, 0) is 40.7 Å². The molecular formula is C12H13BrClN3. The summed E-state index contributed by atoms with van der Waals surface area (Å²) in [7, 11) is 0. The highest BCUT2D eigenvalue weighted by molar-refractivity contribution is 9.10. The van der Waals surface area contributed by atoms with Crippen molar-refractivity contribution in [3.63, 3.8) is 0 Å². The average molecular weight is 315 g/mol. The topological polar surface area (TPSA) is 29.9 Å². The Balaban J connectivity index is 2.24. The summed E-state index contributed by atoms with van der Waals surface area (Å²) in [5, 5.41) is 3.96. The highest BCUT2D eigenvalue weighted by Crippen LogP contribution is 2.24. The molecule has 0 radical (unpaired) electrons. The highest BCUT2D eigenvalue weighted by Gasteiger charge is 2.04. The van der Waals surface area contributed by atoms with E-state index in [1.807, 2.05) is 29.0 Å². The lowest BCUT2D eigenvalue weighted by molar-refractivity contribution is 0.713. The van der Waals surface area contributed by atoms with Gasteiger partial charge in [0.2, 0.25) is 0 Å². The number of nitrogens with one attached hydrogen (secondary N) is 1. The van der Waals surface area contributed by atoms with Crippen molar-refractivity contribution >= 4 is 27.5 Å². The van der Waals surface area contributed by atoms with E-state index >= 15 is 0 Å². The monoisotopic (exact) mass is 313 g/mol. The smallest absolute Gasteiger partial charge is 0.0996 e. The molecule has 0 bridgehead atoms. The van der Waals surface area contributed by atoms with Crippen LogP contribution >= 0.6 is 27.5 Å². The van der Waals surface area contributed by atoms with Crippen LogP contribution in [0.4, 0.5) is 0 Å². The van der Waals surface area contributed by atoms with Gasteiger partial charge < -0.3 is 9.88 Å². The van der Waals surface area contributed by atoms with Gasteiger partial charge in [-0.15, -0.1) is 0 Å². The number of halogens is 2. The molecule has 0 fully saturated rings. The first-order valence-electron chi connectivity index (χ1n) is 5.39. The van der Waals surface area contributed by atoms with Crippen molar-refractivity contribution in [2.24, 2.45) is 0 Å². The Labute approximate surface area is 114 Å². The van der Waals surface area contributed by atoms with Crippen LogP contribution in [0.15, 0.2) is 35.2 Å². The van der Waals surface area contributed by atoms with E-state index in [1.54, 1.807) is 6.33 Å². The largest absolute Gasteiger partial charge is 0.311 e. The van der Waals surface area contributed by atoms with Gasteiger partial charge >= 0.3 is 0 Å². The summed E-state index contributed by atoms with van der Waals surface area (Å²) in [6, 6.07) is 5.71. The predicted molar refractivity (Wildman–Crippen MR) is 73.7 cm³/mol. The number of hydrogen-bond donors (Lipinski definition) is 1. The van der Waals surface area contributed by atoms with Crippen LogP contribution in [0.5, 0.6) is 0 Å². The third-order valence-electron chi connectivity index (χ3n) is 2.38. The Morgan fingerprint density at radius 3 is 3.00 bits per heavy atom. The van der Waals surface area contributed by atoms with E-state index in [0.29, 0.717) is 5.02 Å². The van der Waals surface area contributed by atoms with Crippen LogP contribution in [-0.4, -0.2) is 16.1 Å². The molecule has 1 aromatic heterocycles. The van der Waals surface area contributed by atoms with E-state index in [1.165, 1.54) is 0 Å². The molecule has 3 nitrogen and oxygen atoms in total. The van der Waals surface area contributed by atoms with E-state index in [4.69, 9.17) is 11.6 Å². The molecule has 1 heterocycles. The summed E-state index contributed by atoms with van der Waals surface area (Å²) < 4.78 is 2.94. The molecule has 5 heteroatoms. The third kappa shape index (κ3) is 3.09. The van der Waals surface area contributed by atoms with Crippen LogP contribution in [0.3, 0.4) is 0 Å². The van der Waals surface area contributed by atoms with E-state index in [9.17, 15) is 0 Å². The lowest BCUT2D eigenvalue weighted by atomic mass is 10.3. The Morgan fingerprint density at radius 2 is 2.29 bits per heavy atom. The minimum atomic E-state index is 0.716. The summed E-state index contributed by atoms with van der Waals surface area (Å²) in [4.78, 5) is 4.34. The van der Waals surface area contributed by atoms with Crippen molar-refractivity contribution in [3.05, 3.63) is 45.9 Å². The van der Waals surface area contributed by atoms with Gasteiger partial charge in [0, 0.05) is 22.2 Å². The molecule has 1 aromatic carbocycles. The van der Waals surface area contributed by atoms with Gasteiger partial charge in [-0.25, -0.2) is 4.98 Å². The predicted octanol–water partition coefficient (Wildman–Crippen LogP) is 3.40. The van der Waals surface area contributed by atoms with Gasteiger partial charge in [0.1, 0.15) is 0 Å². The Morgan fingerprint density at radius 1 is 1.47 bits per heavy atom. The average Bonchev–Trinajstić information content (AvgIpc) is 2.75. The third-order valence-corrected chi connectivity index (χ3v) is 3.25. The van der Waals surface area contributed by atoms with Crippen LogP contribution in [0, 0.1) is 0 Å². The van der Waals surface area contributed by atoms with E-state index in [2.05, 4.69) is 33.2 Å². The standard InChI is InChI=1S/C12H13BrClN3/c1-2-15-6-10-7-17(8-16-10)12-4-3-9(14)5-11(12)13/h3-5,7-8,15H,2,6H2,1H3. The fourth-order valence-electron chi connectivity index (χ4n) is 1.53. The molecule has 0 spiro atoms. The summed E-state index contributed by atoms with van der Waals surface area (Å²) in [5.41, 5.74) is 2.05. The lowest BCUT2D eigenvalue weighted by Crippen LogP contribution is -2.11. The zero-order valence-corrected chi connectivity index (χ0v) is 11.8. The van der Waals surface area contributed by atoms with Crippen molar-refractivity contribution < 1.29 is 0 Å². The Bertz CT molecular complexity index is 510. The number of rotatable bonds is 4. The molecule has 0 saturated heterocycles.